The molecular formula is C17H18N2O3. The lowest BCUT2D eigenvalue weighted by molar-refractivity contribution is 0.0944. The summed E-state index contributed by atoms with van der Waals surface area (Å²) in [7, 11) is 0. The van der Waals surface area contributed by atoms with Crippen molar-refractivity contribution in [1.29, 1.82) is 0 Å². The van der Waals surface area contributed by atoms with Gasteiger partial charge >= 0.3 is 0 Å². The van der Waals surface area contributed by atoms with Crippen LogP contribution in [0.1, 0.15) is 22.5 Å². The Balaban J connectivity index is 2.14. The van der Waals surface area contributed by atoms with Crippen molar-refractivity contribution in [1.82, 2.24) is 10.3 Å². The van der Waals surface area contributed by atoms with E-state index in [2.05, 4.69) is 16.9 Å². The molecule has 22 heavy (non-hydrogen) atoms. The topological polar surface area (TPSA) is 71.2 Å². The largest absolute Gasteiger partial charge is 0.483 e. The zero-order valence-electron chi connectivity index (χ0n) is 12.2. The molecule has 0 aliphatic rings. The molecule has 0 unspecified atom stereocenters. The Morgan fingerprint density at radius 3 is 2.77 bits per heavy atom. The summed E-state index contributed by atoms with van der Waals surface area (Å²) in [6.45, 7) is 4.27. The highest BCUT2D eigenvalue weighted by Gasteiger charge is 2.15. The van der Waals surface area contributed by atoms with Crippen molar-refractivity contribution in [3.8, 4) is 5.75 Å². The maximum Gasteiger partial charge on any atom is 0.271 e. The number of aromatic amines is 1. The van der Waals surface area contributed by atoms with Crippen LogP contribution in [-0.4, -0.2) is 17.4 Å². The van der Waals surface area contributed by atoms with E-state index in [9.17, 15) is 9.59 Å². The van der Waals surface area contributed by atoms with Gasteiger partial charge in [0.25, 0.3) is 5.91 Å². The Labute approximate surface area is 128 Å². The molecule has 2 aromatic rings. The predicted octanol–water partition coefficient (Wildman–Crippen LogP) is 2.26. The summed E-state index contributed by atoms with van der Waals surface area (Å²) < 4.78 is 5.56. The molecule has 1 amide bonds. The molecule has 0 saturated carbocycles. The van der Waals surface area contributed by atoms with Crippen LogP contribution in [0.4, 0.5) is 0 Å². The maximum absolute atomic E-state index is 12.1. The Morgan fingerprint density at radius 2 is 2.05 bits per heavy atom. The van der Waals surface area contributed by atoms with Crippen LogP contribution in [0.3, 0.4) is 0 Å². The number of hydrogen-bond acceptors (Lipinski definition) is 3. The van der Waals surface area contributed by atoms with Gasteiger partial charge < -0.3 is 15.0 Å². The van der Waals surface area contributed by atoms with Crippen LogP contribution in [0.25, 0.3) is 0 Å². The molecule has 1 aromatic carbocycles. The zero-order chi connectivity index (χ0) is 15.8. The Kier molecular flexibility index (Phi) is 5.54. The molecule has 0 aliphatic carbocycles. The van der Waals surface area contributed by atoms with E-state index in [0.29, 0.717) is 13.0 Å². The van der Waals surface area contributed by atoms with Crippen molar-refractivity contribution in [2.45, 2.75) is 13.0 Å². The third-order valence-corrected chi connectivity index (χ3v) is 3.00. The molecule has 1 heterocycles. The summed E-state index contributed by atoms with van der Waals surface area (Å²) in [5.41, 5.74) is 0.722. The number of pyridine rings is 1. The summed E-state index contributed by atoms with van der Waals surface area (Å²) >= 11 is 0. The number of benzene rings is 1. The third kappa shape index (κ3) is 4.09. The number of aromatic nitrogens is 1. The summed E-state index contributed by atoms with van der Waals surface area (Å²) in [6, 6.07) is 10.8. The van der Waals surface area contributed by atoms with Crippen molar-refractivity contribution in [3.05, 3.63) is 76.7 Å². The number of rotatable bonds is 7. The highest BCUT2D eigenvalue weighted by molar-refractivity contribution is 5.94. The van der Waals surface area contributed by atoms with Gasteiger partial charge in [-0.15, -0.1) is 6.58 Å². The number of amides is 1. The Morgan fingerprint density at radius 1 is 1.27 bits per heavy atom. The number of H-pyrrole nitrogens is 1. The minimum absolute atomic E-state index is 0.0301. The van der Waals surface area contributed by atoms with Crippen LogP contribution < -0.4 is 15.5 Å². The fourth-order valence-electron chi connectivity index (χ4n) is 1.88. The number of nitrogens with one attached hydrogen (secondary N) is 2. The highest BCUT2D eigenvalue weighted by Crippen LogP contribution is 2.12. The number of ether oxygens (including phenoxy) is 1. The molecule has 0 radical (unpaired) electrons. The first-order chi connectivity index (χ1) is 10.7. The molecule has 5 nitrogen and oxygen atoms in total. The van der Waals surface area contributed by atoms with Gasteiger partial charge in [-0.2, -0.15) is 0 Å². The number of hydrogen-bond donors (Lipinski definition) is 2. The number of carbonyl (C=O) groups excluding carboxylic acids is 1. The molecule has 114 valence electrons. The number of carbonyl (C=O) groups is 1. The highest BCUT2D eigenvalue weighted by atomic mass is 16.5. The van der Waals surface area contributed by atoms with Gasteiger partial charge in [0.05, 0.1) is 0 Å². The fraction of sp³-hybridized carbons (Fsp3) is 0.176. The second-order valence-electron chi connectivity index (χ2n) is 4.65. The molecule has 2 rings (SSSR count). The molecule has 1 aromatic heterocycles. The summed E-state index contributed by atoms with van der Waals surface area (Å²) in [4.78, 5) is 26.8. The van der Waals surface area contributed by atoms with Gasteiger partial charge in [-0.05, 0) is 12.0 Å². The minimum atomic E-state index is -0.373. The Bertz CT molecular complexity index is 693. The molecule has 0 atom stereocenters. The fourth-order valence-corrected chi connectivity index (χ4v) is 1.88. The van der Waals surface area contributed by atoms with E-state index in [1.807, 2.05) is 30.3 Å². The first-order valence-corrected chi connectivity index (χ1v) is 7.00. The maximum atomic E-state index is 12.1. The van der Waals surface area contributed by atoms with Crippen LogP contribution in [0.2, 0.25) is 0 Å². The molecular weight excluding hydrogens is 280 g/mol. The second-order valence-corrected chi connectivity index (χ2v) is 4.65. The summed E-state index contributed by atoms with van der Waals surface area (Å²) in [5.74, 6) is -0.343. The van der Waals surface area contributed by atoms with Gasteiger partial charge in [0.15, 0.2) is 11.4 Å². The molecule has 5 heteroatoms. The van der Waals surface area contributed by atoms with Crippen molar-refractivity contribution < 1.29 is 9.53 Å². The SMILES string of the molecule is C=CCCNC(=O)c1[nH]ccc(=O)c1OCc1ccccc1. The van der Waals surface area contributed by atoms with Gasteiger partial charge in [-0.25, -0.2) is 0 Å². The normalized spacial score (nSPS) is 10.0. The lowest BCUT2D eigenvalue weighted by Gasteiger charge is -2.10. The van der Waals surface area contributed by atoms with E-state index in [4.69, 9.17) is 4.74 Å². The molecule has 0 saturated heterocycles. The van der Waals surface area contributed by atoms with Gasteiger partial charge in [0.2, 0.25) is 5.43 Å². The van der Waals surface area contributed by atoms with E-state index in [1.54, 1.807) is 6.08 Å². The standard InChI is InChI=1S/C17H18N2O3/c1-2-3-10-19-17(21)15-16(14(20)9-11-18-15)22-12-13-7-5-4-6-8-13/h2,4-9,11H,1,3,10,12H2,(H,18,20)(H,19,21). The van der Waals surface area contributed by atoms with Gasteiger partial charge in [0.1, 0.15) is 6.61 Å². The summed E-state index contributed by atoms with van der Waals surface area (Å²) in [5, 5.41) is 2.71. The minimum Gasteiger partial charge on any atom is -0.483 e. The van der Waals surface area contributed by atoms with Gasteiger partial charge in [-0.1, -0.05) is 36.4 Å². The first kappa shape index (κ1) is 15.6. The van der Waals surface area contributed by atoms with E-state index < -0.39 is 0 Å². The van der Waals surface area contributed by atoms with Gasteiger partial charge in [-0.3, -0.25) is 9.59 Å². The van der Waals surface area contributed by atoms with Crippen molar-refractivity contribution >= 4 is 5.91 Å². The van der Waals surface area contributed by atoms with Crippen LogP contribution in [0.5, 0.6) is 5.75 Å². The zero-order valence-corrected chi connectivity index (χ0v) is 12.2. The lowest BCUT2D eigenvalue weighted by atomic mass is 10.2. The van der Waals surface area contributed by atoms with Crippen LogP contribution in [0.15, 0.2) is 60.0 Å². The van der Waals surface area contributed by atoms with Crippen LogP contribution in [-0.2, 0) is 6.61 Å². The molecule has 0 fully saturated rings. The van der Waals surface area contributed by atoms with Crippen molar-refractivity contribution in [3.63, 3.8) is 0 Å². The average molecular weight is 298 g/mol. The molecule has 0 bridgehead atoms. The van der Waals surface area contributed by atoms with E-state index in [1.165, 1.54) is 12.3 Å². The van der Waals surface area contributed by atoms with Crippen molar-refractivity contribution in [2.75, 3.05) is 6.54 Å². The van der Waals surface area contributed by atoms with E-state index in [-0.39, 0.29) is 29.4 Å². The van der Waals surface area contributed by atoms with Crippen LogP contribution >= 0.6 is 0 Å². The first-order valence-electron chi connectivity index (χ1n) is 7.00. The Hall–Kier alpha value is -2.82. The van der Waals surface area contributed by atoms with E-state index >= 15 is 0 Å². The molecule has 2 N–H and O–H groups in total. The monoisotopic (exact) mass is 298 g/mol. The average Bonchev–Trinajstić information content (AvgIpc) is 2.54. The molecule has 0 aliphatic heterocycles. The van der Waals surface area contributed by atoms with Gasteiger partial charge in [0, 0.05) is 18.8 Å². The molecule has 0 spiro atoms. The predicted molar refractivity (Wildman–Crippen MR) is 85.0 cm³/mol. The smallest absolute Gasteiger partial charge is 0.271 e. The van der Waals surface area contributed by atoms with E-state index in [0.717, 1.165) is 5.56 Å². The quantitative estimate of drug-likeness (QED) is 0.608. The summed E-state index contributed by atoms with van der Waals surface area (Å²) in [6.07, 6.45) is 3.80. The third-order valence-electron chi connectivity index (χ3n) is 3.00. The second kappa shape index (κ2) is 7.83. The lowest BCUT2D eigenvalue weighted by Crippen LogP contribution is -2.27. The van der Waals surface area contributed by atoms with Crippen LogP contribution in [0, 0.1) is 0 Å². The van der Waals surface area contributed by atoms with Crippen molar-refractivity contribution in [2.24, 2.45) is 0 Å².